The Morgan fingerprint density at radius 3 is 2.05 bits per heavy atom. The molecule has 5 heteroatoms. The standard InChI is InChI=1S/C16H21N3O2/c1-2-3-9-19-14(20)12(10-17)16(7-5-4-6-8-16)13(11-18)15(19)21/h12-13H,2-9H2,1H3. The summed E-state index contributed by atoms with van der Waals surface area (Å²) in [5.41, 5.74) is -0.751. The van der Waals surface area contributed by atoms with Crippen LogP contribution in [0.1, 0.15) is 51.9 Å². The molecular formula is C16H21N3O2. The van der Waals surface area contributed by atoms with Gasteiger partial charge in [-0.15, -0.1) is 0 Å². The number of imide groups is 1. The van der Waals surface area contributed by atoms with E-state index in [4.69, 9.17) is 0 Å². The molecule has 0 aromatic heterocycles. The molecule has 1 aliphatic carbocycles. The van der Waals surface area contributed by atoms with Crippen LogP contribution in [0.4, 0.5) is 0 Å². The second-order valence-electron chi connectivity index (χ2n) is 6.10. The summed E-state index contributed by atoms with van der Waals surface area (Å²) in [5, 5.41) is 19.0. The molecule has 112 valence electrons. The van der Waals surface area contributed by atoms with Crippen molar-refractivity contribution in [2.45, 2.75) is 51.9 Å². The van der Waals surface area contributed by atoms with E-state index in [1.807, 2.05) is 6.92 Å². The minimum atomic E-state index is -0.850. The van der Waals surface area contributed by atoms with E-state index in [2.05, 4.69) is 12.1 Å². The Balaban J connectivity index is 2.40. The first-order valence-corrected chi connectivity index (χ1v) is 7.77. The predicted molar refractivity (Wildman–Crippen MR) is 75.4 cm³/mol. The zero-order chi connectivity index (χ0) is 15.5. The van der Waals surface area contributed by atoms with Crippen LogP contribution in [0.5, 0.6) is 0 Å². The predicted octanol–water partition coefficient (Wildman–Crippen LogP) is 2.39. The van der Waals surface area contributed by atoms with E-state index in [9.17, 15) is 20.1 Å². The fourth-order valence-electron chi connectivity index (χ4n) is 3.77. The van der Waals surface area contributed by atoms with Gasteiger partial charge in [0.25, 0.3) is 0 Å². The molecule has 1 saturated heterocycles. The van der Waals surface area contributed by atoms with E-state index < -0.39 is 17.3 Å². The maximum absolute atomic E-state index is 12.6. The first-order chi connectivity index (χ1) is 10.1. The van der Waals surface area contributed by atoms with Gasteiger partial charge in [-0.3, -0.25) is 14.5 Å². The minimum Gasteiger partial charge on any atom is -0.280 e. The van der Waals surface area contributed by atoms with Gasteiger partial charge in [-0.1, -0.05) is 32.6 Å². The van der Waals surface area contributed by atoms with Crippen molar-refractivity contribution >= 4 is 11.8 Å². The summed E-state index contributed by atoms with van der Waals surface area (Å²) in [6.45, 7) is 2.30. The monoisotopic (exact) mass is 287 g/mol. The van der Waals surface area contributed by atoms with Gasteiger partial charge in [0.1, 0.15) is 11.8 Å². The van der Waals surface area contributed by atoms with Crippen LogP contribution in [-0.4, -0.2) is 23.3 Å². The van der Waals surface area contributed by atoms with Crippen LogP contribution in [0, 0.1) is 39.9 Å². The van der Waals surface area contributed by atoms with Crippen molar-refractivity contribution in [3.63, 3.8) is 0 Å². The number of nitrogens with zero attached hydrogens (tertiary/aromatic N) is 3. The number of nitriles is 2. The van der Waals surface area contributed by atoms with Gasteiger partial charge in [-0.2, -0.15) is 10.5 Å². The second kappa shape index (κ2) is 6.26. The maximum atomic E-state index is 12.6. The number of hydrogen-bond acceptors (Lipinski definition) is 4. The molecule has 1 aliphatic heterocycles. The topological polar surface area (TPSA) is 85.0 Å². The second-order valence-corrected chi connectivity index (χ2v) is 6.10. The molecule has 2 rings (SSSR count). The van der Waals surface area contributed by atoms with Gasteiger partial charge in [0.05, 0.1) is 12.1 Å². The summed E-state index contributed by atoms with van der Waals surface area (Å²) in [7, 11) is 0. The van der Waals surface area contributed by atoms with Gasteiger partial charge >= 0.3 is 0 Å². The SMILES string of the molecule is CCCCN1C(=O)C(C#N)C2(CCCCC2)C(C#N)C1=O. The number of carbonyl (C=O) groups excluding carboxylic acids is 2. The Morgan fingerprint density at radius 2 is 1.62 bits per heavy atom. The highest BCUT2D eigenvalue weighted by Gasteiger charge is 2.58. The Bertz CT molecular complexity index is 473. The summed E-state index contributed by atoms with van der Waals surface area (Å²) in [4.78, 5) is 26.3. The number of unbranched alkanes of at least 4 members (excludes halogenated alkanes) is 1. The van der Waals surface area contributed by atoms with E-state index in [0.29, 0.717) is 25.8 Å². The lowest BCUT2D eigenvalue weighted by atomic mass is 9.57. The van der Waals surface area contributed by atoms with Crippen LogP contribution in [0.2, 0.25) is 0 Å². The molecule has 1 saturated carbocycles. The number of likely N-dealkylation sites (tertiary alicyclic amines) is 1. The van der Waals surface area contributed by atoms with Crippen LogP contribution >= 0.6 is 0 Å². The van der Waals surface area contributed by atoms with Crippen molar-refractivity contribution in [1.29, 1.82) is 10.5 Å². The molecule has 21 heavy (non-hydrogen) atoms. The molecule has 0 aromatic rings. The molecule has 0 aromatic carbocycles. The lowest BCUT2D eigenvalue weighted by Crippen LogP contribution is -2.59. The Labute approximate surface area is 125 Å². The summed E-state index contributed by atoms with van der Waals surface area (Å²) < 4.78 is 0. The van der Waals surface area contributed by atoms with Crippen molar-refractivity contribution < 1.29 is 9.59 Å². The smallest absolute Gasteiger partial charge is 0.247 e. The van der Waals surface area contributed by atoms with Crippen LogP contribution in [0.3, 0.4) is 0 Å². The molecule has 2 fully saturated rings. The first-order valence-electron chi connectivity index (χ1n) is 7.77. The number of amides is 2. The average Bonchev–Trinajstić information content (AvgIpc) is 2.49. The molecular weight excluding hydrogens is 266 g/mol. The lowest BCUT2D eigenvalue weighted by molar-refractivity contribution is -0.163. The molecule has 5 nitrogen and oxygen atoms in total. The summed E-state index contributed by atoms with van der Waals surface area (Å²) in [5.74, 6) is -2.47. The molecule has 0 bridgehead atoms. The number of rotatable bonds is 3. The molecule has 2 unspecified atom stereocenters. The van der Waals surface area contributed by atoms with Gasteiger partial charge in [0.15, 0.2) is 0 Å². The Kier molecular flexibility index (Phi) is 4.63. The van der Waals surface area contributed by atoms with Crippen molar-refractivity contribution in [2.75, 3.05) is 6.54 Å². The third-order valence-electron chi connectivity index (χ3n) is 4.95. The highest BCUT2D eigenvalue weighted by Crippen LogP contribution is 2.51. The van der Waals surface area contributed by atoms with Crippen LogP contribution in [0.25, 0.3) is 0 Å². The largest absolute Gasteiger partial charge is 0.280 e. The molecule has 1 spiro atoms. The van der Waals surface area contributed by atoms with E-state index in [1.54, 1.807) is 0 Å². The van der Waals surface area contributed by atoms with Crippen molar-refractivity contribution in [1.82, 2.24) is 4.90 Å². The number of piperidine rings is 1. The summed E-state index contributed by atoms with van der Waals surface area (Å²) in [6.07, 6.45) is 5.63. The quantitative estimate of drug-likeness (QED) is 0.746. The van der Waals surface area contributed by atoms with E-state index >= 15 is 0 Å². The van der Waals surface area contributed by atoms with Gasteiger partial charge < -0.3 is 0 Å². The van der Waals surface area contributed by atoms with E-state index in [1.165, 1.54) is 0 Å². The van der Waals surface area contributed by atoms with E-state index in [-0.39, 0.29) is 11.8 Å². The number of hydrogen-bond donors (Lipinski definition) is 0. The van der Waals surface area contributed by atoms with Crippen molar-refractivity contribution in [2.24, 2.45) is 17.3 Å². The van der Waals surface area contributed by atoms with Crippen LogP contribution in [0.15, 0.2) is 0 Å². The van der Waals surface area contributed by atoms with Gasteiger partial charge in [-0.05, 0) is 19.3 Å². The Hall–Kier alpha value is -1.88. The third-order valence-corrected chi connectivity index (χ3v) is 4.95. The van der Waals surface area contributed by atoms with Crippen molar-refractivity contribution in [3.8, 4) is 12.1 Å². The molecule has 0 radical (unpaired) electrons. The fraction of sp³-hybridized carbons (Fsp3) is 0.750. The Morgan fingerprint density at radius 1 is 1.10 bits per heavy atom. The summed E-state index contributed by atoms with van der Waals surface area (Å²) >= 11 is 0. The number of carbonyl (C=O) groups is 2. The minimum absolute atomic E-state index is 0.320. The van der Waals surface area contributed by atoms with Crippen LogP contribution in [-0.2, 0) is 9.59 Å². The molecule has 1 heterocycles. The molecule has 0 N–H and O–H groups in total. The van der Waals surface area contributed by atoms with E-state index in [0.717, 1.165) is 30.6 Å². The third kappa shape index (κ3) is 2.42. The average molecular weight is 287 g/mol. The zero-order valence-electron chi connectivity index (χ0n) is 12.5. The maximum Gasteiger partial charge on any atom is 0.247 e. The first kappa shape index (κ1) is 15.5. The zero-order valence-corrected chi connectivity index (χ0v) is 12.5. The van der Waals surface area contributed by atoms with Crippen molar-refractivity contribution in [3.05, 3.63) is 0 Å². The fourth-order valence-corrected chi connectivity index (χ4v) is 3.77. The van der Waals surface area contributed by atoms with Gasteiger partial charge in [0, 0.05) is 12.0 Å². The summed E-state index contributed by atoms with van der Waals surface area (Å²) in [6, 6.07) is 4.22. The lowest BCUT2D eigenvalue weighted by Gasteiger charge is -2.48. The van der Waals surface area contributed by atoms with Crippen LogP contribution < -0.4 is 0 Å². The highest BCUT2D eigenvalue weighted by atomic mass is 16.2. The van der Waals surface area contributed by atoms with Gasteiger partial charge in [0.2, 0.25) is 11.8 Å². The molecule has 2 atom stereocenters. The molecule has 2 amide bonds. The molecule has 2 aliphatic rings. The van der Waals surface area contributed by atoms with Gasteiger partial charge in [-0.25, -0.2) is 0 Å². The highest BCUT2D eigenvalue weighted by molar-refractivity contribution is 6.03. The normalized spacial score (nSPS) is 28.2.